The summed E-state index contributed by atoms with van der Waals surface area (Å²) in [5, 5.41) is 8.29. The Morgan fingerprint density at radius 2 is 1.83 bits per heavy atom. The van der Waals surface area contributed by atoms with Gasteiger partial charge in [-0.25, -0.2) is 8.42 Å². The Kier molecular flexibility index (Phi) is 6.09. The molecule has 0 N–H and O–H groups in total. The van der Waals surface area contributed by atoms with Gasteiger partial charge in [0.05, 0.1) is 12.8 Å². The fourth-order valence-corrected chi connectivity index (χ4v) is 4.89. The van der Waals surface area contributed by atoms with Crippen LogP contribution in [0.25, 0.3) is 16.9 Å². The van der Waals surface area contributed by atoms with E-state index in [2.05, 4.69) is 10.3 Å². The fourth-order valence-electron chi connectivity index (χ4n) is 3.25. The zero-order valence-corrected chi connectivity index (χ0v) is 18.4. The Morgan fingerprint density at radius 1 is 1.13 bits per heavy atom. The van der Waals surface area contributed by atoms with Gasteiger partial charge in [-0.15, -0.1) is 0 Å². The van der Waals surface area contributed by atoms with Crippen LogP contribution in [0.5, 0.6) is 5.75 Å². The maximum Gasteiger partial charge on any atom is 0.271 e. The predicted molar refractivity (Wildman–Crippen MR) is 111 cm³/mol. The summed E-state index contributed by atoms with van der Waals surface area (Å²) >= 11 is 0. The smallest absolute Gasteiger partial charge is 0.271 e. The van der Waals surface area contributed by atoms with Crippen LogP contribution in [0.1, 0.15) is 25.3 Å². The zero-order chi connectivity index (χ0) is 22.1. The van der Waals surface area contributed by atoms with Gasteiger partial charge in [-0.05, 0) is 38.1 Å². The number of benzene rings is 1. The van der Waals surface area contributed by atoms with Crippen molar-refractivity contribution in [2.45, 2.75) is 32.6 Å². The van der Waals surface area contributed by atoms with E-state index in [4.69, 9.17) is 9.26 Å². The monoisotopic (exact) mass is 432 g/mol. The summed E-state index contributed by atoms with van der Waals surface area (Å²) in [6.45, 7) is 7.63. The highest BCUT2D eigenvalue weighted by Gasteiger charge is 2.26. The summed E-state index contributed by atoms with van der Waals surface area (Å²) in [5.41, 5.74) is 1.60. The average molecular weight is 433 g/mol. The summed E-state index contributed by atoms with van der Waals surface area (Å²) in [6, 6.07) is 7.71. The van der Waals surface area contributed by atoms with Crippen LogP contribution in [0, 0.1) is 13.8 Å². The second kappa shape index (κ2) is 8.41. The van der Waals surface area contributed by atoms with E-state index in [1.54, 1.807) is 45.9 Å². The second-order valence-corrected chi connectivity index (χ2v) is 8.50. The van der Waals surface area contributed by atoms with E-state index < -0.39 is 10.0 Å². The van der Waals surface area contributed by atoms with Crippen molar-refractivity contribution < 1.29 is 17.7 Å². The van der Waals surface area contributed by atoms with Crippen molar-refractivity contribution in [1.29, 1.82) is 0 Å². The number of hydrogen-bond acceptors (Lipinski definition) is 7. The van der Waals surface area contributed by atoms with Crippen molar-refractivity contribution in [2.75, 3.05) is 20.2 Å². The Hall–Kier alpha value is -2.98. The van der Waals surface area contributed by atoms with Gasteiger partial charge in [0, 0.05) is 24.7 Å². The van der Waals surface area contributed by atoms with E-state index in [-0.39, 0.29) is 16.2 Å². The molecule has 0 saturated heterocycles. The molecule has 0 fully saturated rings. The molecule has 9 nitrogen and oxygen atoms in total. The van der Waals surface area contributed by atoms with Crippen LogP contribution in [0.4, 0.5) is 0 Å². The van der Waals surface area contributed by atoms with E-state index in [0.717, 1.165) is 0 Å². The predicted octanol–water partition coefficient (Wildman–Crippen LogP) is 2.54. The molecule has 3 rings (SSSR count). The highest BCUT2D eigenvalue weighted by Crippen LogP contribution is 2.31. The van der Waals surface area contributed by atoms with Gasteiger partial charge < -0.3 is 9.26 Å². The quantitative estimate of drug-likeness (QED) is 0.564. The van der Waals surface area contributed by atoms with Crippen LogP contribution >= 0.6 is 0 Å². The van der Waals surface area contributed by atoms with E-state index in [1.807, 2.05) is 0 Å². The van der Waals surface area contributed by atoms with Gasteiger partial charge in [0.1, 0.15) is 22.0 Å². The molecule has 0 aliphatic heterocycles. The molecule has 0 unspecified atom stereocenters. The van der Waals surface area contributed by atoms with Crippen molar-refractivity contribution in [1.82, 2.24) is 19.2 Å². The largest absolute Gasteiger partial charge is 0.495 e. The Morgan fingerprint density at radius 3 is 2.40 bits per heavy atom. The molecule has 0 aliphatic carbocycles. The lowest BCUT2D eigenvalue weighted by atomic mass is 10.1. The normalized spacial score (nSPS) is 11.8. The third-order valence-corrected chi connectivity index (χ3v) is 6.86. The van der Waals surface area contributed by atoms with Crippen LogP contribution in [-0.4, -0.2) is 47.9 Å². The Labute approximate surface area is 174 Å². The molecule has 0 amide bonds. The molecule has 0 bridgehead atoms. The maximum atomic E-state index is 13.1. The van der Waals surface area contributed by atoms with Crippen molar-refractivity contribution in [2.24, 2.45) is 0 Å². The molecule has 0 radical (unpaired) electrons. The Balaban J connectivity index is 2.19. The first-order valence-corrected chi connectivity index (χ1v) is 10.9. The van der Waals surface area contributed by atoms with E-state index >= 15 is 0 Å². The molecule has 10 heteroatoms. The molecular weight excluding hydrogens is 408 g/mol. The summed E-state index contributed by atoms with van der Waals surface area (Å²) in [7, 11) is -2.34. The minimum Gasteiger partial charge on any atom is -0.495 e. The first-order valence-electron chi connectivity index (χ1n) is 9.46. The van der Waals surface area contributed by atoms with E-state index in [0.29, 0.717) is 41.5 Å². The standard InChI is InChI=1S/C20H24N4O5S/c1-6-23(7-2)30(26,27)18-12-15(8-10-17(18)28-5)16-9-11-19(25)24(21-16)20-13(3)22-29-14(20)4/h8-12H,6-7H2,1-5H3. The number of ether oxygens (including phenoxy) is 1. The lowest BCUT2D eigenvalue weighted by Gasteiger charge is -2.20. The van der Waals surface area contributed by atoms with Gasteiger partial charge in [-0.3, -0.25) is 4.79 Å². The molecule has 0 saturated carbocycles. The van der Waals surface area contributed by atoms with Gasteiger partial charge in [-0.2, -0.15) is 14.1 Å². The highest BCUT2D eigenvalue weighted by molar-refractivity contribution is 7.89. The van der Waals surface area contributed by atoms with Crippen LogP contribution in [0.3, 0.4) is 0 Å². The van der Waals surface area contributed by atoms with Crippen molar-refractivity contribution >= 4 is 10.0 Å². The zero-order valence-electron chi connectivity index (χ0n) is 17.5. The second-order valence-electron chi connectivity index (χ2n) is 6.60. The summed E-state index contributed by atoms with van der Waals surface area (Å²) in [4.78, 5) is 12.5. The molecule has 0 atom stereocenters. The van der Waals surface area contributed by atoms with Crippen LogP contribution in [-0.2, 0) is 10.0 Å². The first kappa shape index (κ1) is 21.7. The number of sulfonamides is 1. The minimum atomic E-state index is -3.76. The lowest BCUT2D eigenvalue weighted by Crippen LogP contribution is -2.31. The molecule has 30 heavy (non-hydrogen) atoms. The third-order valence-electron chi connectivity index (χ3n) is 4.79. The maximum absolute atomic E-state index is 13.1. The summed E-state index contributed by atoms with van der Waals surface area (Å²) in [5.74, 6) is 0.698. The molecule has 2 aromatic heterocycles. The lowest BCUT2D eigenvalue weighted by molar-refractivity contribution is 0.392. The van der Waals surface area contributed by atoms with Gasteiger partial charge in [-0.1, -0.05) is 19.0 Å². The van der Waals surface area contributed by atoms with Crippen LogP contribution in [0.2, 0.25) is 0 Å². The van der Waals surface area contributed by atoms with Crippen LogP contribution in [0.15, 0.2) is 44.5 Å². The summed E-state index contributed by atoms with van der Waals surface area (Å²) in [6.07, 6.45) is 0. The van der Waals surface area contributed by atoms with Crippen LogP contribution < -0.4 is 10.3 Å². The molecule has 160 valence electrons. The highest BCUT2D eigenvalue weighted by atomic mass is 32.2. The van der Waals surface area contributed by atoms with E-state index in [9.17, 15) is 13.2 Å². The van der Waals surface area contributed by atoms with Gasteiger partial charge in [0.2, 0.25) is 10.0 Å². The molecule has 0 aliphatic rings. The minimum absolute atomic E-state index is 0.0445. The topological polar surface area (TPSA) is 108 Å². The number of hydrogen-bond donors (Lipinski definition) is 0. The molecular formula is C20H24N4O5S. The molecule has 1 aromatic carbocycles. The van der Waals surface area contributed by atoms with Gasteiger partial charge in [0.15, 0.2) is 5.76 Å². The number of methoxy groups -OCH3 is 1. The van der Waals surface area contributed by atoms with Gasteiger partial charge >= 0.3 is 0 Å². The average Bonchev–Trinajstić information content (AvgIpc) is 3.06. The molecule has 2 heterocycles. The van der Waals surface area contributed by atoms with Crippen molar-refractivity contribution in [3.05, 3.63) is 52.1 Å². The van der Waals surface area contributed by atoms with Crippen molar-refractivity contribution in [3.63, 3.8) is 0 Å². The first-order chi connectivity index (χ1) is 14.2. The van der Waals surface area contributed by atoms with Gasteiger partial charge in [0.25, 0.3) is 5.56 Å². The summed E-state index contributed by atoms with van der Waals surface area (Å²) < 4.78 is 39.2. The third kappa shape index (κ3) is 3.75. The SMILES string of the molecule is CCN(CC)S(=O)(=O)c1cc(-c2ccc(=O)n(-c3c(C)noc3C)n2)ccc1OC. The number of rotatable bonds is 7. The number of aryl methyl sites for hydroxylation is 2. The molecule has 0 spiro atoms. The fraction of sp³-hybridized carbons (Fsp3) is 0.350. The van der Waals surface area contributed by atoms with Crippen molar-refractivity contribution in [3.8, 4) is 22.7 Å². The Bertz CT molecular complexity index is 1210. The number of nitrogens with zero attached hydrogens (tertiary/aromatic N) is 4. The molecule has 3 aromatic rings. The number of aromatic nitrogens is 3. The van der Waals surface area contributed by atoms with E-state index in [1.165, 1.54) is 28.2 Å².